The van der Waals surface area contributed by atoms with E-state index in [2.05, 4.69) is 0 Å². The number of ether oxygens (including phenoxy) is 1. The number of hydrogen-bond acceptors (Lipinski definition) is 3. The first-order valence-corrected chi connectivity index (χ1v) is 6.29. The topological polar surface area (TPSA) is 66.8 Å². The van der Waals surface area contributed by atoms with E-state index in [4.69, 9.17) is 9.84 Å². The number of hydrogen-bond donors (Lipinski definition) is 1. The Labute approximate surface area is 107 Å². The molecule has 0 aliphatic carbocycles. The monoisotopic (exact) mass is 255 g/mol. The molecule has 5 heteroatoms. The van der Waals surface area contributed by atoms with Crippen LogP contribution in [-0.4, -0.2) is 47.7 Å². The number of carboxylic acid groups (broad SMARTS) is 1. The molecule has 1 unspecified atom stereocenters. The lowest BCUT2D eigenvalue weighted by Crippen LogP contribution is -2.38. The van der Waals surface area contributed by atoms with E-state index in [0.717, 1.165) is 19.4 Å². The molecule has 0 radical (unpaired) electrons. The van der Waals surface area contributed by atoms with E-state index < -0.39 is 5.97 Å². The maximum Gasteiger partial charge on any atom is 0.331 e. The van der Waals surface area contributed by atoms with E-state index in [9.17, 15) is 9.59 Å². The zero-order chi connectivity index (χ0) is 13.7. The Balaban J connectivity index is 2.72. The van der Waals surface area contributed by atoms with E-state index >= 15 is 0 Å². The molecule has 0 aromatic carbocycles. The van der Waals surface area contributed by atoms with Crippen LogP contribution in [0, 0.1) is 0 Å². The van der Waals surface area contributed by atoms with E-state index in [1.54, 1.807) is 11.8 Å². The molecule has 1 rings (SSSR count). The fourth-order valence-electron chi connectivity index (χ4n) is 1.95. The molecule has 0 aromatic heterocycles. The van der Waals surface area contributed by atoms with Crippen molar-refractivity contribution < 1.29 is 19.4 Å². The molecule has 1 saturated heterocycles. The van der Waals surface area contributed by atoms with Crippen LogP contribution in [0.25, 0.3) is 0 Å². The number of aliphatic carboxylic acids is 1. The summed E-state index contributed by atoms with van der Waals surface area (Å²) in [6, 6.07) is 0. The highest BCUT2D eigenvalue weighted by Gasteiger charge is 2.23. The highest BCUT2D eigenvalue weighted by atomic mass is 16.5. The number of amides is 1. The van der Waals surface area contributed by atoms with Crippen LogP contribution < -0.4 is 0 Å². The van der Waals surface area contributed by atoms with Gasteiger partial charge >= 0.3 is 5.97 Å². The largest absolute Gasteiger partial charge is 0.478 e. The summed E-state index contributed by atoms with van der Waals surface area (Å²) in [5.74, 6) is -1.26. The minimum absolute atomic E-state index is 0.0897. The van der Waals surface area contributed by atoms with Crippen molar-refractivity contribution in [3.8, 4) is 0 Å². The molecule has 0 saturated carbocycles. The van der Waals surface area contributed by atoms with Gasteiger partial charge in [-0.1, -0.05) is 0 Å². The molecule has 1 atom stereocenters. The third-order valence-corrected chi connectivity index (χ3v) is 3.32. The average molecular weight is 255 g/mol. The third-order valence-electron chi connectivity index (χ3n) is 3.32. The third kappa shape index (κ3) is 3.57. The van der Waals surface area contributed by atoms with Crippen molar-refractivity contribution in [1.82, 2.24) is 4.90 Å². The Morgan fingerprint density at radius 1 is 1.33 bits per heavy atom. The number of nitrogens with zero attached hydrogens (tertiary/aromatic N) is 1. The molecule has 1 aliphatic heterocycles. The zero-order valence-electron chi connectivity index (χ0n) is 11.2. The average Bonchev–Trinajstić information content (AvgIpc) is 2.85. The van der Waals surface area contributed by atoms with E-state index in [0.29, 0.717) is 18.7 Å². The van der Waals surface area contributed by atoms with Crippen molar-refractivity contribution in [2.45, 2.75) is 39.7 Å². The lowest BCUT2D eigenvalue weighted by Gasteiger charge is -2.24. The molecular formula is C13H21NO4. The van der Waals surface area contributed by atoms with Gasteiger partial charge in [-0.05, 0) is 33.6 Å². The predicted octanol–water partition coefficient (Wildman–Crippen LogP) is 1.43. The molecule has 18 heavy (non-hydrogen) atoms. The highest BCUT2D eigenvalue weighted by molar-refractivity contribution is 6.01. The lowest BCUT2D eigenvalue weighted by molar-refractivity contribution is -0.134. The molecule has 0 spiro atoms. The summed E-state index contributed by atoms with van der Waals surface area (Å²) >= 11 is 0. The number of carbonyl (C=O) groups is 2. The summed E-state index contributed by atoms with van der Waals surface area (Å²) in [4.78, 5) is 24.7. The van der Waals surface area contributed by atoms with Crippen molar-refractivity contribution in [1.29, 1.82) is 0 Å². The zero-order valence-corrected chi connectivity index (χ0v) is 11.2. The molecule has 1 aliphatic rings. The predicted molar refractivity (Wildman–Crippen MR) is 67.2 cm³/mol. The van der Waals surface area contributed by atoms with Crippen LogP contribution in [0.1, 0.15) is 33.6 Å². The van der Waals surface area contributed by atoms with Gasteiger partial charge in [-0.2, -0.15) is 0 Å². The maximum atomic E-state index is 12.2. The van der Waals surface area contributed by atoms with Crippen LogP contribution in [0.3, 0.4) is 0 Å². The number of likely N-dealkylation sites (N-methyl/N-ethyl adjacent to an activating group) is 1. The van der Waals surface area contributed by atoms with Crippen molar-refractivity contribution in [3.63, 3.8) is 0 Å². The summed E-state index contributed by atoms with van der Waals surface area (Å²) in [6.45, 7) is 6.75. The van der Waals surface area contributed by atoms with E-state index in [-0.39, 0.29) is 17.6 Å². The number of carbonyl (C=O) groups excluding carboxylic acids is 1. The van der Waals surface area contributed by atoms with Gasteiger partial charge < -0.3 is 14.7 Å². The minimum atomic E-state index is -1.05. The Kier molecular flexibility index (Phi) is 5.34. The molecule has 5 nitrogen and oxygen atoms in total. The quantitative estimate of drug-likeness (QED) is 0.755. The molecular weight excluding hydrogens is 234 g/mol. The van der Waals surface area contributed by atoms with Gasteiger partial charge in [0.25, 0.3) is 0 Å². The first kappa shape index (κ1) is 14.7. The van der Waals surface area contributed by atoms with E-state index in [1.807, 2.05) is 6.92 Å². The van der Waals surface area contributed by atoms with Crippen LogP contribution >= 0.6 is 0 Å². The number of carboxylic acids is 1. The molecule has 0 aromatic rings. The van der Waals surface area contributed by atoms with Gasteiger partial charge in [0.15, 0.2) is 0 Å². The van der Waals surface area contributed by atoms with Gasteiger partial charge in [-0.25, -0.2) is 4.79 Å². The lowest BCUT2D eigenvalue weighted by atomic mass is 10.1. The van der Waals surface area contributed by atoms with Gasteiger partial charge in [0.2, 0.25) is 5.91 Å². The van der Waals surface area contributed by atoms with Crippen LogP contribution in [0.2, 0.25) is 0 Å². The summed E-state index contributed by atoms with van der Waals surface area (Å²) in [6.07, 6.45) is 2.08. The van der Waals surface area contributed by atoms with Gasteiger partial charge in [0, 0.05) is 30.8 Å². The van der Waals surface area contributed by atoms with Crippen LogP contribution in [-0.2, 0) is 14.3 Å². The van der Waals surface area contributed by atoms with Gasteiger partial charge in [-0.3, -0.25) is 4.79 Å². The Bertz CT molecular complexity index is 356. The van der Waals surface area contributed by atoms with Crippen LogP contribution in [0.15, 0.2) is 11.1 Å². The summed E-state index contributed by atoms with van der Waals surface area (Å²) < 4.78 is 5.50. The first-order valence-electron chi connectivity index (χ1n) is 6.29. The van der Waals surface area contributed by atoms with Crippen LogP contribution in [0.5, 0.6) is 0 Å². The van der Waals surface area contributed by atoms with Crippen molar-refractivity contribution in [3.05, 3.63) is 11.1 Å². The maximum absolute atomic E-state index is 12.2. The normalized spacial score (nSPS) is 20.5. The van der Waals surface area contributed by atoms with Crippen molar-refractivity contribution >= 4 is 11.9 Å². The second-order valence-electron chi connectivity index (χ2n) is 4.53. The van der Waals surface area contributed by atoms with E-state index in [1.165, 1.54) is 6.92 Å². The SMILES string of the molecule is CCN(CC1CCCO1)C(=O)/C(C)=C(/C)C(=O)O. The Morgan fingerprint density at radius 3 is 2.44 bits per heavy atom. The highest BCUT2D eigenvalue weighted by Crippen LogP contribution is 2.15. The Morgan fingerprint density at radius 2 is 2.00 bits per heavy atom. The number of rotatable bonds is 5. The molecule has 1 heterocycles. The first-order chi connectivity index (χ1) is 8.47. The van der Waals surface area contributed by atoms with Crippen LogP contribution in [0.4, 0.5) is 0 Å². The molecule has 1 amide bonds. The Hall–Kier alpha value is -1.36. The smallest absolute Gasteiger partial charge is 0.331 e. The molecule has 1 fully saturated rings. The molecule has 1 N–H and O–H groups in total. The van der Waals surface area contributed by atoms with Gasteiger partial charge in [0.1, 0.15) is 0 Å². The van der Waals surface area contributed by atoms with Gasteiger partial charge in [-0.15, -0.1) is 0 Å². The second kappa shape index (κ2) is 6.54. The fraction of sp³-hybridized carbons (Fsp3) is 0.692. The van der Waals surface area contributed by atoms with Gasteiger partial charge in [0.05, 0.1) is 6.10 Å². The molecule has 102 valence electrons. The van der Waals surface area contributed by atoms with Crippen molar-refractivity contribution in [2.75, 3.05) is 19.7 Å². The molecule has 0 bridgehead atoms. The summed E-state index contributed by atoms with van der Waals surface area (Å²) in [5.41, 5.74) is 0.396. The standard InChI is InChI=1S/C13H21NO4/c1-4-14(8-11-6-5-7-18-11)12(15)9(2)10(3)13(16)17/h11H,4-8H2,1-3H3,(H,16,17)/b10-9-. The summed E-state index contributed by atoms with van der Waals surface area (Å²) in [7, 11) is 0. The summed E-state index contributed by atoms with van der Waals surface area (Å²) in [5, 5.41) is 8.89. The minimum Gasteiger partial charge on any atom is -0.478 e. The fourth-order valence-corrected chi connectivity index (χ4v) is 1.95. The second-order valence-corrected chi connectivity index (χ2v) is 4.53. The van der Waals surface area contributed by atoms with Crippen molar-refractivity contribution in [2.24, 2.45) is 0 Å².